The van der Waals surface area contributed by atoms with Crippen molar-refractivity contribution in [1.29, 1.82) is 0 Å². The molecule has 88 valence electrons. The van der Waals surface area contributed by atoms with Crippen molar-refractivity contribution in [1.82, 2.24) is 9.97 Å². The lowest BCUT2D eigenvalue weighted by Crippen LogP contribution is -2.26. The van der Waals surface area contributed by atoms with E-state index in [4.69, 9.17) is 9.47 Å². The first-order valence-corrected chi connectivity index (χ1v) is 5.62. The van der Waals surface area contributed by atoms with Crippen LogP contribution in [0.3, 0.4) is 0 Å². The Bertz CT molecular complexity index is 327. The molecule has 0 bridgehead atoms. The smallest absolute Gasteiger partial charge is 0.218 e. The second kappa shape index (κ2) is 5.65. The quantitative estimate of drug-likeness (QED) is 0.837. The molecular weight excluding hydrogens is 206 g/mol. The monoisotopic (exact) mass is 223 g/mol. The lowest BCUT2D eigenvalue weighted by atomic mass is 10.1. The summed E-state index contributed by atoms with van der Waals surface area (Å²) in [6.07, 6.45) is 5.15. The highest BCUT2D eigenvalue weighted by Crippen LogP contribution is 2.15. The van der Waals surface area contributed by atoms with Gasteiger partial charge in [0.15, 0.2) is 0 Å². The van der Waals surface area contributed by atoms with Crippen LogP contribution < -0.4 is 10.1 Å². The molecule has 0 amide bonds. The summed E-state index contributed by atoms with van der Waals surface area (Å²) in [6, 6.07) is 1.78. The Morgan fingerprint density at radius 2 is 2.44 bits per heavy atom. The second-order valence-electron chi connectivity index (χ2n) is 3.79. The van der Waals surface area contributed by atoms with E-state index in [0.29, 0.717) is 12.5 Å². The molecule has 1 aromatic rings. The van der Waals surface area contributed by atoms with Gasteiger partial charge in [0, 0.05) is 19.7 Å². The number of hydrogen-bond donors (Lipinski definition) is 1. The van der Waals surface area contributed by atoms with Crippen LogP contribution in [0.1, 0.15) is 19.3 Å². The van der Waals surface area contributed by atoms with Gasteiger partial charge < -0.3 is 14.8 Å². The third kappa shape index (κ3) is 3.06. The standard InChI is InChI=1S/C11H17N3O2/c1-12-10-6-11(14-8-13-10)16-7-9-4-2-3-5-15-9/h6,8-9H,2-5,7H2,1H3,(H,12,13,14). The fourth-order valence-electron chi connectivity index (χ4n) is 1.67. The van der Waals surface area contributed by atoms with Gasteiger partial charge in [-0.05, 0) is 19.3 Å². The van der Waals surface area contributed by atoms with Crippen molar-refractivity contribution < 1.29 is 9.47 Å². The zero-order valence-corrected chi connectivity index (χ0v) is 9.48. The Morgan fingerprint density at radius 3 is 3.19 bits per heavy atom. The molecule has 1 unspecified atom stereocenters. The highest BCUT2D eigenvalue weighted by molar-refractivity contribution is 5.35. The zero-order valence-electron chi connectivity index (χ0n) is 9.48. The van der Waals surface area contributed by atoms with E-state index in [-0.39, 0.29) is 6.10 Å². The normalized spacial score (nSPS) is 20.4. The average Bonchev–Trinajstić information content (AvgIpc) is 2.38. The maximum absolute atomic E-state index is 5.57. The fourth-order valence-corrected chi connectivity index (χ4v) is 1.67. The van der Waals surface area contributed by atoms with Crippen LogP contribution in [-0.4, -0.2) is 36.3 Å². The molecule has 0 radical (unpaired) electrons. The number of rotatable bonds is 4. The van der Waals surface area contributed by atoms with Gasteiger partial charge in [-0.2, -0.15) is 0 Å². The number of aromatic nitrogens is 2. The summed E-state index contributed by atoms with van der Waals surface area (Å²) in [5.74, 6) is 1.35. The molecule has 0 spiro atoms. The minimum absolute atomic E-state index is 0.210. The Balaban J connectivity index is 1.83. The minimum atomic E-state index is 0.210. The van der Waals surface area contributed by atoms with Crippen molar-refractivity contribution in [2.45, 2.75) is 25.4 Å². The molecule has 2 rings (SSSR count). The molecule has 1 aromatic heterocycles. The Labute approximate surface area is 95.2 Å². The van der Waals surface area contributed by atoms with Gasteiger partial charge in [-0.3, -0.25) is 0 Å². The third-order valence-corrected chi connectivity index (χ3v) is 2.59. The van der Waals surface area contributed by atoms with Crippen LogP contribution in [0.4, 0.5) is 5.82 Å². The first-order chi connectivity index (χ1) is 7.88. The summed E-state index contributed by atoms with van der Waals surface area (Å²) in [4.78, 5) is 8.06. The van der Waals surface area contributed by atoms with Crippen molar-refractivity contribution in [3.63, 3.8) is 0 Å². The first kappa shape index (κ1) is 11.1. The van der Waals surface area contributed by atoms with Crippen molar-refractivity contribution in [3.05, 3.63) is 12.4 Å². The van der Waals surface area contributed by atoms with Gasteiger partial charge in [0.25, 0.3) is 0 Å². The van der Waals surface area contributed by atoms with Crippen LogP contribution in [0.2, 0.25) is 0 Å². The van der Waals surface area contributed by atoms with Gasteiger partial charge in [0.05, 0.1) is 6.10 Å². The molecule has 0 aliphatic carbocycles. The van der Waals surface area contributed by atoms with Gasteiger partial charge in [-0.25, -0.2) is 9.97 Å². The van der Waals surface area contributed by atoms with E-state index in [0.717, 1.165) is 25.3 Å². The molecule has 1 N–H and O–H groups in total. The van der Waals surface area contributed by atoms with Crippen LogP contribution in [0, 0.1) is 0 Å². The molecule has 0 saturated carbocycles. The van der Waals surface area contributed by atoms with E-state index in [9.17, 15) is 0 Å². The molecule has 1 atom stereocenters. The van der Waals surface area contributed by atoms with Crippen LogP contribution in [0.25, 0.3) is 0 Å². The Kier molecular flexibility index (Phi) is 3.93. The number of nitrogens with one attached hydrogen (secondary N) is 1. The van der Waals surface area contributed by atoms with Gasteiger partial charge in [-0.1, -0.05) is 0 Å². The number of nitrogens with zero attached hydrogens (tertiary/aromatic N) is 2. The largest absolute Gasteiger partial charge is 0.475 e. The summed E-state index contributed by atoms with van der Waals surface area (Å²) in [5, 5.41) is 2.94. The molecule has 2 heterocycles. The lowest BCUT2D eigenvalue weighted by Gasteiger charge is -2.22. The predicted octanol–water partition coefficient (Wildman–Crippen LogP) is 1.47. The molecule has 1 aliphatic heterocycles. The van der Waals surface area contributed by atoms with Crippen molar-refractivity contribution in [3.8, 4) is 5.88 Å². The maximum Gasteiger partial charge on any atom is 0.218 e. The molecule has 1 saturated heterocycles. The Morgan fingerprint density at radius 1 is 1.50 bits per heavy atom. The van der Waals surface area contributed by atoms with E-state index in [2.05, 4.69) is 15.3 Å². The van der Waals surface area contributed by atoms with E-state index in [1.54, 1.807) is 6.07 Å². The summed E-state index contributed by atoms with van der Waals surface area (Å²) in [7, 11) is 1.82. The second-order valence-corrected chi connectivity index (χ2v) is 3.79. The predicted molar refractivity (Wildman–Crippen MR) is 60.7 cm³/mol. The van der Waals surface area contributed by atoms with Crippen LogP contribution >= 0.6 is 0 Å². The fraction of sp³-hybridized carbons (Fsp3) is 0.636. The summed E-state index contributed by atoms with van der Waals surface area (Å²) in [6.45, 7) is 1.42. The van der Waals surface area contributed by atoms with Crippen LogP contribution in [-0.2, 0) is 4.74 Å². The van der Waals surface area contributed by atoms with Crippen LogP contribution in [0.5, 0.6) is 5.88 Å². The third-order valence-electron chi connectivity index (χ3n) is 2.59. The lowest BCUT2D eigenvalue weighted by molar-refractivity contribution is -0.0119. The van der Waals surface area contributed by atoms with Crippen molar-refractivity contribution in [2.24, 2.45) is 0 Å². The summed E-state index contributed by atoms with van der Waals surface area (Å²) < 4.78 is 11.1. The van der Waals surface area contributed by atoms with Gasteiger partial charge in [0.1, 0.15) is 18.8 Å². The minimum Gasteiger partial charge on any atom is -0.475 e. The number of anilines is 1. The SMILES string of the molecule is CNc1cc(OCC2CCCCO2)ncn1. The molecule has 1 aliphatic rings. The van der Waals surface area contributed by atoms with E-state index < -0.39 is 0 Å². The molecule has 16 heavy (non-hydrogen) atoms. The van der Waals surface area contributed by atoms with Crippen molar-refractivity contribution >= 4 is 5.82 Å². The van der Waals surface area contributed by atoms with E-state index in [1.165, 1.54) is 12.7 Å². The highest BCUT2D eigenvalue weighted by Gasteiger charge is 2.14. The Hall–Kier alpha value is -1.36. The summed E-state index contributed by atoms with van der Waals surface area (Å²) in [5.41, 5.74) is 0. The molecule has 5 heteroatoms. The summed E-state index contributed by atoms with van der Waals surface area (Å²) >= 11 is 0. The maximum atomic E-state index is 5.57. The molecular formula is C11H17N3O2. The first-order valence-electron chi connectivity index (χ1n) is 5.62. The van der Waals surface area contributed by atoms with Crippen LogP contribution in [0.15, 0.2) is 12.4 Å². The average molecular weight is 223 g/mol. The highest BCUT2D eigenvalue weighted by atomic mass is 16.5. The van der Waals surface area contributed by atoms with E-state index >= 15 is 0 Å². The van der Waals surface area contributed by atoms with E-state index in [1.807, 2.05) is 7.05 Å². The zero-order chi connectivity index (χ0) is 11.2. The van der Waals surface area contributed by atoms with Gasteiger partial charge in [-0.15, -0.1) is 0 Å². The van der Waals surface area contributed by atoms with Gasteiger partial charge in [0.2, 0.25) is 5.88 Å². The number of hydrogen-bond acceptors (Lipinski definition) is 5. The topological polar surface area (TPSA) is 56.3 Å². The molecule has 1 fully saturated rings. The van der Waals surface area contributed by atoms with Gasteiger partial charge >= 0.3 is 0 Å². The molecule has 0 aromatic carbocycles. The molecule has 5 nitrogen and oxygen atoms in total. The van der Waals surface area contributed by atoms with Crippen molar-refractivity contribution in [2.75, 3.05) is 25.6 Å². The number of ether oxygens (including phenoxy) is 2.